The van der Waals surface area contributed by atoms with Crippen LogP contribution in [0.1, 0.15) is 49.0 Å². The van der Waals surface area contributed by atoms with Crippen molar-refractivity contribution in [3.63, 3.8) is 0 Å². The summed E-state index contributed by atoms with van der Waals surface area (Å²) in [5, 5.41) is 3.93. The van der Waals surface area contributed by atoms with Crippen molar-refractivity contribution in [3.05, 3.63) is 83.9 Å². The monoisotopic (exact) mass is 504 g/mol. The highest BCUT2D eigenvalue weighted by Gasteiger charge is 2.09. The Morgan fingerprint density at radius 1 is 0.730 bits per heavy atom. The first kappa shape index (κ1) is 27.3. The lowest BCUT2D eigenvalue weighted by Crippen LogP contribution is -2.24. The molecule has 0 spiro atoms. The van der Waals surface area contributed by atoms with Crippen LogP contribution in [0.15, 0.2) is 77.9 Å². The highest BCUT2D eigenvalue weighted by Crippen LogP contribution is 2.18. The van der Waals surface area contributed by atoms with Gasteiger partial charge in [-0.2, -0.15) is 5.10 Å². The molecule has 0 aliphatic rings. The third-order valence-electron chi connectivity index (χ3n) is 5.02. The van der Waals surface area contributed by atoms with E-state index in [1.165, 1.54) is 6.21 Å². The van der Waals surface area contributed by atoms with Crippen molar-refractivity contribution in [2.45, 2.75) is 33.1 Å². The molecule has 0 bridgehead atoms. The first-order valence-corrected chi connectivity index (χ1v) is 12.3. The number of hydrazone groups is 1. The zero-order chi connectivity index (χ0) is 26.3. The number of hydrogen-bond acceptors (Lipinski definition) is 7. The van der Waals surface area contributed by atoms with Crippen molar-refractivity contribution >= 4 is 18.1 Å². The number of nitrogens with zero attached hydrogens (tertiary/aromatic N) is 1. The van der Waals surface area contributed by atoms with E-state index in [2.05, 4.69) is 17.5 Å². The Labute approximate surface area is 217 Å². The number of unbranched alkanes of at least 4 members (excludes halogenated alkanes) is 1. The van der Waals surface area contributed by atoms with Gasteiger partial charge in [0.15, 0.2) is 6.61 Å². The van der Waals surface area contributed by atoms with Gasteiger partial charge in [-0.3, -0.25) is 4.79 Å². The summed E-state index contributed by atoms with van der Waals surface area (Å²) in [7, 11) is 0. The van der Waals surface area contributed by atoms with Crippen molar-refractivity contribution < 1.29 is 28.5 Å². The summed E-state index contributed by atoms with van der Waals surface area (Å²) in [5.41, 5.74) is 3.56. The van der Waals surface area contributed by atoms with E-state index in [-0.39, 0.29) is 6.61 Å². The number of nitrogens with one attached hydrogen (secondary N) is 1. The molecule has 3 rings (SSSR count). The maximum absolute atomic E-state index is 12.4. The minimum absolute atomic E-state index is 0.173. The lowest BCUT2D eigenvalue weighted by Gasteiger charge is -2.08. The van der Waals surface area contributed by atoms with Gasteiger partial charge in [0, 0.05) is 0 Å². The molecular formula is C29H32N2O6. The van der Waals surface area contributed by atoms with Crippen molar-refractivity contribution in [2.24, 2.45) is 5.10 Å². The minimum atomic E-state index is -0.464. The molecule has 8 nitrogen and oxygen atoms in total. The van der Waals surface area contributed by atoms with Crippen LogP contribution in [0.25, 0.3) is 0 Å². The van der Waals surface area contributed by atoms with Gasteiger partial charge in [0.05, 0.1) is 25.0 Å². The number of esters is 1. The number of carbonyl (C=O) groups excluding carboxylic acids is 2. The molecule has 8 heteroatoms. The van der Waals surface area contributed by atoms with Gasteiger partial charge < -0.3 is 18.9 Å². The van der Waals surface area contributed by atoms with Crippen LogP contribution in [0.4, 0.5) is 0 Å². The summed E-state index contributed by atoms with van der Waals surface area (Å²) in [4.78, 5) is 24.3. The highest BCUT2D eigenvalue weighted by molar-refractivity contribution is 5.91. The number of hydrogen-bond donors (Lipinski definition) is 1. The largest absolute Gasteiger partial charge is 0.494 e. The molecule has 3 aromatic rings. The molecule has 194 valence electrons. The maximum atomic E-state index is 12.4. The summed E-state index contributed by atoms with van der Waals surface area (Å²) in [6, 6.07) is 20.7. The smallest absolute Gasteiger partial charge is 0.343 e. The predicted octanol–water partition coefficient (Wildman–Crippen LogP) is 5.40. The molecule has 0 atom stereocenters. The second-order valence-electron chi connectivity index (χ2n) is 8.09. The van der Waals surface area contributed by atoms with Gasteiger partial charge in [-0.1, -0.05) is 20.3 Å². The second-order valence-corrected chi connectivity index (χ2v) is 8.09. The quantitative estimate of drug-likeness (QED) is 0.104. The van der Waals surface area contributed by atoms with Gasteiger partial charge in [0.25, 0.3) is 5.91 Å². The fourth-order valence-electron chi connectivity index (χ4n) is 3.02. The molecule has 0 fully saturated rings. The molecule has 1 N–H and O–H groups in total. The first-order valence-electron chi connectivity index (χ1n) is 12.3. The van der Waals surface area contributed by atoms with E-state index in [0.29, 0.717) is 36.0 Å². The zero-order valence-electron chi connectivity index (χ0n) is 21.1. The minimum Gasteiger partial charge on any atom is -0.494 e. The molecule has 0 aliphatic heterocycles. The SMILES string of the molecule is CCCCOc1ccc(OCC(=O)NN=Cc2ccc(OC(=O)c3ccc(OCCC)cc3)cc2)cc1. The number of ether oxygens (including phenoxy) is 4. The fourth-order valence-corrected chi connectivity index (χ4v) is 3.02. The molecule has 0 aromatic heterocycles. The molecule has 3 aromatic carbocycles. The molecular weight excluding hydrogens is 472 g/mol. The van der Waals surface area contributed by atoms with Gasteiger partial charge in [-0.25, -0.2) is 10.2 Å². The number of carbonyl (C=O) groups is 2. The Morgan fingerprint density at radius 2 is 1.30 bits per heavy atom. The summed E-state index contributed by atoms with van der Waals surface area (Å²) in [6.07, 6.45) is 4.48. The Kier molecular flexibility index (Phi) is 11.0. The van der Waals surface area contributed by atoms with E-state index in [1.807, 2.05) is 6.92 Å². The molecule has 0 saturated carbocycles. The average molecular weight is 505 g/mol. The van der Waals surface area contributed by atoms with Gasteiger partial charge >= 0.3 is 5.97 Å². The predicted molar refractivity (Wildman–Crippen MR) is 142 cm³/mol. The number of benzene rings is 3. The van der Waals surface area contributed by atoms with Crippen molar-refractivity contribution in [1.29, 1.82) is 0 Å². The molecule has 0 aliphatic carbocycles. The third kappa shape index (κ3) is 9.68. The van der Waals surface area contributed by atoms with Crippen LogP contribution in [0.2, 0.25) is 0 Å². The average Bonchev–Trinajstić information content (AvgIpc) is 2.93. The molecule has 0 heterocycles. The summed E-state index contributed by atoms with van der Waals surface area (Å²) < 4.78 is 22.0. The van der Waals surface area contributed by atoms with E-state index in [1.54, 1.807) is 72.8 Å². The summed E-state index contributed by atoms with van der Waals surface area (Å²) in [6.45, 7) is 5.27. The maximum Gasteiger partial charge on any atom is 0.343 e. The summed E-state index contributed by atoms with van der Waals surface area (Å²) >= 11 is 0. The van der Waals surface area contributed by atoms with Crippen LogP contribution in [0.3, 0.4) is 0 Å². The van der Waals surface area contributed by atoms with E-state index >= 15 is 0 Å². The van der Waals surface area contributed by atoms with Crippen LogP contribution >= 0.6 is 0 Å². The van der Waals surface area contributed by atoms with Crippen LogP contribution < -0.4 is 24.4 Å². The normalized spacial score (nSPS) is 10.6. The molecule has 0 radical (unpaired) electrons. The Hall–Kier alpha value is -4.33. The number of rotatable bonds is 14. The van der Waals surface area contributed by atoms with Crippen molar-refractivity contribution in [3.8, 4) is 23.0 Å². The fraction of sp³-hybridized carbons (Fsp3) is 0.276. The van der Waals surface area contributed by atoms with Crippen molar-refractivity contribution in [2.75, 3.05) is 19.8 Å². The standard InChI is InChI=1S/C29H32N2O6/c1-3-5-19-35-25-14-16-26(17-15-25)36-21-28(32)31-30-20-22-6-10-27(11-7-22)37-29(33)23-8-12-24(13-9-23)34-18-4-2/h6-17,20H,3-5,18-19,21H2,1-2H3,(H,31,32). The zero-order valence-corrected chi connectivity index (χ0v) is 21.1. The summed E-state index contributed by atoms with van der Waals surface area (Å²) in [5.74, 6) is 1.58. The lowest BCUT2D eigenvalue weighted by atomic mass is 10.2. The van der Waals surface area contributed by atoms with Crippen LogP contribution in [-0.2, 0) is 4.79 Å². The van der Waals surface area contributed by atoms with Crippen LogP contribution in [-0.4, -0.2) is 37.9 Å². The lowest BCUT2D eigenvalue weighted by molar-refractivity contribution is -0.123. The van der Waals surface area contributed by atoms with E-state index in [4.69, 9.17) is 18.9 Å². The topological polar surface area (TPSA) is 95.5 Å². The molecule has 0 unspecified atom stereocenters. The van der Waals surface area contributed by atoms with Crippen LogP contribution in [0, 0.1) is 0 Å². The number of amides is 1. The Balaban J connectivity index is 1.39. The van der Waals surface area contributed by atoms with Gasteiger partial charge in [0.2, 0.25) is 0 Å². The van der Waals surface area contributed by atoms with E-state index in [0.717, 1.165) is 30.6 Å². The molecule has 37 heavy (non-hydrogen) atoms. The molecule has 1 amide bonds. The highest BCUT2D eigenvalue weighted by atomic mass is 16.5. The first-order chi connectivity index (χ1) is 18.1. The molecule has 0 saturated heterocycles. The van der Waals surface area contributed by atoms with Crippen LogP contribution in [0.5, 0.6) is 23.0 Å². The second kappa shape index (κ2) is 14.9. The van der Waals surface area contributed by atoms with Gasteiger partial charge in [-0.15, -0.1) is 0 Å². The van der Waals surface area contributed by atoms with Gasteiger partial charge in [-0.05, 0) is 91.2 Å². The van der Waals surface area contributed by atoms with Crippen molar-refractivity contribution in [1.82, 2.24) is 5.43 Å². The Bertz CT molecular complexity index is 1140. The van der Waals surface area contributed by atoms with E-state index < -0.39 is 11.9 Å². The van der Waals surface area contributed by atoms with Gasteiger partial charge in [0.1, 0.15) is 23.0 Å². The third-order valence-corrected chi connectivity index (χ3v) is 5.02. The van der Waals surface area contributed by atoms with E-state index in [9.17, 15) is 9.59 Å². The Morgan fingerprint density at radius 3 is 1.92 bits per heavy atom.